The predicted octanol–water partition coefficient (Wildman–Crippen LogP) is 2.72. The number of benzene rings is 2. The van der Waals surface area contributed by atoms with E-state index in [9.17, 15) is 10.1 Å². The number of nitro benzene ring substituents is 1. The van der Waals surface area contributed by atoms with Gasteiger partial charge in [-0.1, -0.05) is 11.6 Å². The Bertz CT molecular complexity index is 743. The number of nitro groups is 1. The van der Waals surface area contributed by atoms with Crippen molar-refractivity contribution in [2.24, 2.45) is 0 Å². The number of likely N-dealkylation sites (N-methyl/N-ethyl adjacent to an activating group) is 1. The molecule has 1 aliphatic rings. The third-order valence-corrected chi connectivity index (χ3v) is 4.96. The van der Waals surface area contributed by atoms with Crippen LogP contribution in [0.3, 0.4) is 0 Å². The molecule has 0 bridgehead atoms. The lowest BCUT2D eigenvalue weighted by atomic mass is 10.2. The van der Waals surface area contributed by atoms with Crippen molar-refractivity contribution in [1.82, 2.24) is 0 Å². The van der Waals surface area contributed by atoms with E-state index in [4.69, 9.17) is 11.6 Å². The molecule has 1 fully saturated rings. The van der Waals surface area contributed by atoms with Crippen LogP contribution in [0.25, 0.3) is 0 Å². The minimum absolute atomic E-state index is 0.0146. The number of hydrogen-bond donors (Lipinski definition) is 2. The van der Waals surface area contributed by atoms with Gasteiger partial charge in [-0.25, -0.2) is 0 Å². The first kappa shape index (κ1) is 17.5. The lowest BCUT2D eigenvalue weighted by molar-refractivity contribution is -0.898. The summed E-state index contributed by atoms with van der Waals surface area (Å²) in [4.78, 5) is 14.4. The van der Waals surface area contributed by atoms with Gasteiger partial charge in [0.2, 0.25) is 0 Å². The van der Waals surface area contributed by atoms with Crippen LogP contribution in [0.15, 0.2) is 42.5 Å². The molecule has 132 valence electrons. The molecule has 7 heteroatoms. The summed E-state index contributed by atoms with van der Waals surface area (Å²) in [5.74, 6) is 0. The van der Waals surface area contributed by atoms with E-state index in [0.29, 0.717) is 10.7 Å². The summed E-state index contributed by atoms with van der Waals surface area (Å²) in [6.07, 6.45) is 0. The van der Waals surface area contributed by atoms with Gasteiger partial charge in [-0.3, -0.25) is 10.1 Å². The normalized spacial score (nSPS) is 15.2. The largest absolute Gasteiger partial charge is 0.360 e. The van der Waals surface area contributed by atoms with E-state index in [2.05, 4.69) is 29.3 Å². The van der Waals surface area contributed by atoms with Gasteiger partial charge in [0.1, 0.15) is 0 Å². The van der Waals surface area contributed by atoms with Crippen LogP contribution in [0.2, 0.25) is 5.02 Å². The molecule has 1 saturated heterocycles. The number of halogens is 1. The number of nitrogens with zero attached hydrogens (tertiary/aromatic N) is 2. The van der Waals surface area contributed by atoms with Crippen molar-refractivity contribution in [2.45, 2.75) is 6.92 Å². The summed E-state index contributed by atoms with van der Waals surface area (Å²) in [5.41, 5.74) is 2.76. The Labute approximate surface area is 152 Å². The summed E-state index contributed by atoms with van der Waals surface area (Å²) in [7, 11) is 0. The topological polar surface area (TPSA) is 62.8 Å². The molecule has 1 heterocycles. The van der Waals surface area contributed by atoms with Gasteiger partial charge in [0.25, 0.3) is 5.69 Å². The molecule has 0 radical (unpaired) electrons. The summed E-state index contributed by atoms with van der Waals surface area (Å²) < 4.78 is 0. The van der Waals surface area contributed by atoms with Crippen LogP contribution in [-0.4, -0.2) is 37.6 Å². The maximum atomic E-state index is 10.8. The van der Waals surface area contributed by atoms with Gasteiger partial charge in [0, 0.05) is 23.5 Å². The van der Waals surface area contributed by atoms with E-state index in [1.807, 2.05) is 12.1 Å². The van der Waals surface area contributed by atoms with E-state index in [1.165, 1.54) is 37.5 Å². The summed E-state index contributed by atoms with van der Waals surface area (Å²) in [5, 5.41) is 14.3. The predicted molar refractivity (Wildman–Crippen MR) is 101 cm³/mol. The van der Waals surface area contributed by atoms with Crippen molar-refractivity contribution in [3.05, 3.63) is 57.6 Å². The second-order valence-corrected chi connectivity index (χ2v) is 6.59. The molecule has 1 aliphatic heterocycles. The highest BCUT2D eigenvalue weighted by molar-refractivity contribution is 6.33. The quantitative estimate of drug-likeness (QED) is 0.635. The fraction of sp³-hybridized carbons (Fsp3) is 0.333. The van der Waals surface area contributed by atoms with Crippen LogP contribution in [-0.2, 0) is 0 Å². The molecule has 3 rings (SSSR count). The number of quaternary nitrogens is 1. The van der Waals surface area contributed by atoms with Gasteiger partial charge < -0.3 is 15.1 Å². The van der Waals surface area contributed by atoms with E-state index in [-0.39, 0.29) is 5.69 Å². The second-order valence-electron chi connectivity index (χ2n) is 6.18. The molecule has 0 aliphatic carbocycles. The number of rotatable bonds is 5. The summed E-state index contributed by atoms with van der Waals surface area (Å²) >= 11 is 6.13. The first-order valence-corrected chi connectivity index (χ1v) is 8.84. The molecule has 25 heavy (non-hydrogen) atoms. The molecule has 0 amide bonds. The van der Waals surface area contributed by atoms with E-state index >= 15 is 0 Å². The SMILES string of the molecule is CC[NH+]1CCN(c2ccc(Nc3ccc([N+](=O)[O-])cc3Cl)cc2)CC1. The first-order chi connectivity index (χ1) is 12.1. The molecule has 0 aromatic heterocycles. The number of nitrogens with one attached hydrogen (secondary N) is 2. The zero-order valence-corrected chi connectivity index (χ0v) is 14.9. The zero-order valence-electron chi connectivity index (χ0n) is 14.2. The van der Waals surface area contributed by atoms with Crippen LogP contribution < -0.4 is 15.1 Å². The Morgan fingerprint density at radius 1 is 1.20 bits per heavy atom. The molecule has 0 spiro atoms. The molecular weight excluding hydrogens is 340 g/mol. The van der Waals surface area contributed by atoms with Gasteiger partial charge >= 0.3 is 0 Å². The van der Waals surface area contributed by atoms with Crippen molar-refractivity contribution < 1.29 is 9.82 Å². The van der Waals surface area contributed by atoms with Gasteiger partial charge in [-0.2, -0.15) is 0 Å². The molecule has 0 atom stereocenters. The van der Waals surface area contributed by atoms with Crippen LogP contribution in [0.1, 0.15) is 6.92 Å². The molecule has 0 saturated carbocycles. The van der Waals surface area contributed by atoms with Gasteiger partial charge in [-0.15, -0.1) is 0 Å². The third kappa shape index (κ3) is 4.21. The Balaban J connectivity index is 1.66. The summed E-state index contributed by atoms with van der Waals surface area (Å²) in [6, 6.07) is 12.6. The average molecular weight is 362 g/mol. The van der Waals surface area contributed by atoms with Crippen molar-refractivity contribution in [2.75, 3.05) is 42.9 Å². The Hall–Kier alpha value is -2.31. The minimum atomic E-state index is -0.454. The Kier molecular flexibility index (Phi) is 5.40. The highest BCUT2D eigenvalue weighted by Crippen LogP contribution is 2.29. The van der Waals surface area contributed by atoms with Crippen LogP contribution in [0.4, 0.5) is 22.7 Å². The number of piperazine rings is 1. The highest BCUT2D eigenvalue weighted by Gasteiger charge is 2.18. The van der Waals surface area contributed by atoms with Crippen molar-refractivity contribution in [1.29, 1.82) is 0 Å². The van der Waals surface area contributed by atoms with E-state index in [1.54, 1.807) is 11.0 Å². The monoisotopic (exact) mass is 361 g/mol. The summed E-state index contributed by atoms with van der Waals surface area (Å²) in [6.45, 7) is 7.92. The second kappa shape index (κ2) is 7.72. The van der Waals surface area contributed by atoms with Crippen LogP contribution >= 0.6 is 11.6 Å². The molecule has 2 N–H and O–H groups in total. The Morgan fingerprint density at radius 3 is 2.44 bits per heavy atom. The van der Waals surface area contributed by atoms with Crippen molar-refractivity contribution in [3.63, 3.8) is 0 Å². The van der Waals surface area contributed by atoms with E-state index < -0.39 is 4.92 Å². The fourth-order valence-electron chi connectivity index (χ4n) is 3.06. The standard InChI is InChI=1S/C18H21ClN4O2/c1-2-21-9-11-22(12-10-21)15-5-3-14(4-6-15)20-18-8-7-16(23(24)25)13-17(18)19/h3-8,13,20H,2,9-12H2,1H3/p+1. The molecule has 6 nitrogen and oxygen atoms in total. The first-order valence-electron chi connectivity index (χ1n) is 8.46. The van der Waals surface area contributed by atoms with Gasteiger partial charge in [0.15, 0.2) is 0 Å². The lowest BCUT2D eigenvalue weighted by Gasteiger charge is -2.33. The molecule has 0 unspecified atom stereocenters. The number of anilines is 3. The van der Waals surface area contributed by atoms with Crippen LogP contribution in [0, 0.1) is 10.1 Å². The van der Waals surface area contributed by atoms with Crippen molar-refractivity contribution in [3.8, 4) is 0 Å². The third-order valence-electron chi connectivity index (χ3n) is 4.65. The smallest absolute Gasteiger partial charge is 0.271 e. The van der Waals surface area contributed by atoms with Gasteiger partial charge in [-0.05, 0) is 37.3 Å². The zero-order chi connectivity index (χ0) is 17.8. The van der Waals surface area contributed by atoms with Crippen LogP contribution in [0.5, 0.6) is 0 Å². The highest BCUT2D eigenvalue weighted by atomic mass is 35.5. The average Bonchev–Trinajstić information content (AvgIpc) is 2.64. The van der Waals surface area contributed by atoms with Crippen molar-refractivity contribution >= 4 is 34.4 Å². The molecular formula is C18H22ClN4O2+. The maximum absolute atomic E-state index is 10.8. The minimum Gasteiger partial charge on any atom is -0.360 e. The molecule has 2 aromatic carbocycles. The maximum Gasteiger partial charge on any atom is 0.271 e. The Morgan fingerprint density at radius 2 is 1.88 bits per heavy atom. The number of hydrogen-bond acceptors (Lipinski definition) is 4. The van der Waals surface area contributed by atoms with Gasteiger partial charge in [0.05, 0.1) is 48.4 Å². The molecule has 2 aromatic rings. The fourth-order valence-corrected chi connectivity index (χ4v) is 3.29. The van der Waals surface area contributed by atoms with E-state index in [0.717, 1.165) is 18.8 Å². The number of non-ortho nitro benzene ring substituents is 1. The lowest BCUT2D eigenvalue weighted by Crippen LogP contribution is -3.14.